The minimum atomic E-state index is -3.39. The van der Waals surface area contributed by atoms with Gasteiger partial charge in [-0.1, -0.05) is 0 Å². The van der Waals surface area contributed by atoms with E-state index in [9.17, 15) is 22.8 Å². The number of aryl methyl sites for hydroxylation is 1. The van der Waals surface area contributed by atoms with Crippen molar-refractivity contribution in [3.63, 3.8) is 0 Å². The highest BCUT2D eigenvalue weighted by Gasteiger charge is 2.25. The van der Waals surface area contributed by atoms with Gasteiger partial charge in [-0.15, -0.1) is 0 Å². The van der Waals surface area contributed by atoms with Crippen molar-refractivity contribution >= 4 is 33.6 Å². The molecule has 0 aliphatic carbocycles. The van der Waals surface area contributed by atoms with Crippen molar-refractivity contribution in [1.29, 1.82) is 0 Å². The molecule has 0 unspecified atom stereocenters. The quantitative estimate of drug-likeness (QED) is 0.709. The van der Waals surface area contributed by atoms with E-state index in [-0.39, 0.29) is 11.6 Å². The number of nitrogens with one attached hydrogen (secondary N) is 2. The summed E-state index contributed by atoms with van der Waals surface area (Å²) < 4.78 is 29.9. The molecule has 0 saturated heterocycles. The van der Waals surface area contributed by atoms with Gasteiger partial charge < -0.3 is 10.1 Å². The van der Waals surface area contributed by atoms with Crippen molar-refractivity contribution in [2.24, 2.45) is 0 Å². The zero-order chi connectivity index (χ0) is 20.2. The molecule has 148 valence electrons. The Labute approximate surface area is 158 Å². The van der Waals surface area contributed by atoms with Crippen molar-refractivity contribution in [3.05, 3.63) is 29.3 Å². The highest BCUT2D eigenvalue weighted by Crippen LogP contribution is 2.30. The van der Waals surface area contributed by atoms with Gasteiger partial charge in [0.15, 0.2) is 6.61 Å². The van der Waals surface area contributed by atoms with Crippen molar-refractivity contribution in [2.75, 3.05) is 23.7 Å². The van der Waals surface area contributed by atoms with Gasteiger partial charge in [0, 0.05) is 12.6 Å². The second-order valence-electron chi connectivity index (χ2n) is 6.53. The summed E-state index contributed by atoms with van der Waals surface area (Å²) in [5, 5.41) is 4.53. The van der Waals surface area contributed by atoms with Gasteiger partial charge in [0.1, 0.15) is 0 Å². The number of imide groups is 1. The molecule has 2 rings (SSSR count). The topological polar surface area (TPSA) is 122 Å². The van der Waals surface area contributed by atoms with Gasteiger partial charge in [0.25, 0.3) is 5.91 Å². The maximum Gasteiger partial charge on any atom is 0.338 e. The van der Waals surface area contributed by atoms with Crippen LogP contribution < -0.4 is 14.9 Å². The molecular weight excluding hydrogens is 374 g/mol. The molecule has 0 bridgehead atoms. The van der Waals surface area contributed by atoms with Crippen LogP contribution in [0.25, 0.3) is 0 Å². The van der Waals surface area contributed by atoms with Crippen LogP contribution in [0.5, 0.6) is 0 Å². The van der Waals surface area contributed by atoms with E-state index in [1.807, 2.05) is 0 Å². The minimum Gasteiger partial charge on any atom is -0.452 e. The SMILES string of the molecule is CC(C)NC(=O)NC(=O)COC(=O)c1ccc2c(c1)CCCN2S(C)(=O)=O. The number of sulfonamides is 1. The Morgan fingerprint density at radius 3 is 2.59 bits per heavy atom. The first-order valence-electron chi connectivity index (χ1n) is 8.46. The van der Waals surface area contributed by atoms with Crippen LogP contribution in [0.4, 0.5) is 10.5 Å². The number of urea groups is 1. The largest absolute Gasteiger partial charge is 0.452 e. The minimum absolute atomic E-state index is 0.137. The molecule has 1 aliphatic heterocycles. The normalized spacial score (nSPS) is 13.7. The lowest BCUT2D eigenvalue weighted by molar-refractivity contribution is -0.123. The van der Waals surface area contributed by atoms with Crippen LogP contribution >= 0.6 is 0 Å². The lowest BCUT2D eigenvalue weighted by Gasteiger charge is -2.29. The van der Waals surface area contributed by atoms with Gasteiger partial charge in [-0.05, 0) is 50.5 Å². The zero-order valence-electron chi connectivity index (χ0n) is 15.4. The Morgan fingerprint density at radius 1 is 1.26 bits per heavy atom. The summed E-state index contributed by atoms with van der Waals surface area (Å²) in [6.45, 7) is 3.28. The maximum atomic E-state index is 12.1. The number of carbonyl (C=O) groups excluding carboxylic acids is 3. The molecule has 0 fully saturated rings. The predicted octanol–water partition coefficient (Wildman–Crippen LogP) is 0.790. The molecule has 1 aromatic rings. The predicted molar refractivity (Wildman–Crippen MR) is 99.0 cm³/mol. The Kier molecular flexibility index (Phi) is 6.42. The number of hydrogen-bond acceptors (Lipinski definition) is 6. The maximum absolute atomic E-state index is 12.1. The fraction of sp³-hybridized carbons (Fsp3) is 0.471. The van der Waals surface area contributed by atoms with Gasteiger partial charge in [-0.3, -0.25) is 14.4 Å². The van der Waals surface area contributed by atoms with E-state index in [1.165, 1.54) is 10.4 Å². The van der Waals surface area contributed by atoms with Crippen LogP contribution in [0.1, 0.15) is 36.2 Å². The molecule has 0 radical (unpaired) electrons. The van der Waals surface area contributed by atoms with Crippen LogP contribution in [-0.2, 0) is 26.0 Å². The first kappa shape index (κ1) is 20.7. The van der Waals surface area contributed by atoms with Crippen LogP contribution in [0.3, 0.4) is 0 Å². The molecule has 3 amide bonds. The highest BCUT2D eigenvalue weighted by molar-refractivity contribution is 7.92. The van der Waals surface area contributed by atoms with Crippen LogP contribution in [-0.4, -0.2) is 51.8 Å². The molecule has 0 atom stereocenters. The lowest BCUT2D eigenvalue weighted by Crippen LogP contribution is -2.44. The summed E-state index contributed by atoms with van der Waals surface area (Å²) in [4.78, 5) is 35.2. The summed E-state index contributed by atoms with van der Waals surface area (Å²) in [6, 6.07) is 3.78. The Bertz CT molecular complexity index is 850. The van der Waals surface area contributed by atoms with Gasteiger partial charge >= 0.3 is 12.0 Å². The fourth-order valence-corrected chi connectivity index (χ4v) is 3.71. The number of anilines is 1. The van der Waals surface area contributed by atoms with E-state index in [2.05, 4.69) is 10.6 Å². The van der Waals surface area contributed by atoms with Gasteiger partial charge in [0.2, 0.25) is 10.0 Å². The number of esters is 1. The average Bonchev–Trinajstić information content (AvgIpc) is 2.56. The molecule has 1 aliphatic rings. The first-order valence-corrected chi connectivity index (χ1v) is 10.3. The molecule has 2 N–H and O–H groups in total. The van der Waals surface area contributed by atoms with Crippen LogP contribution in [0.2, 0.25) is 0 Å². The monoisotopic (exact) mass is 397 g/mol. The summed E-state index contributed by atoms with van der Waals surface area (Å²) in [7, 11) is -3.39. The van der Waals surface area contributed by atoms with Crippen molar-refractivity contribution < 1.29 is 27.5 Å². The number of rotatable bonds is 5. The summed E-state index contributed by atoms with van der Waals surface area (Å²) in [5.74, 6) is -1.48. The van der Waals surface area contributed by atoms with Gasteiger partial charge in [-0.2, -0.15) is 0 Å². The standard InChI is InChI=1S/C17H23N3O6S/c1-11(2)18-17(23)19-15(21)10-26-16(22)13-6-7-14-12(9-13)5-4-8-20(14)27(3,24)25/h6-7,9,11H,4-5,8,10H2,1-3H3,(H2,18,19,21,23). The Balaban J connectivity index is 2.00. The van der Waals surface area contributed by atoms with E-state index in [0.29, 0.717) is 25.1 Å². The average molecular weight is 397 g/mol. The molecule has 1 heterocycles. The molecule has 0 spiro atoms. The molecule has 27 heavy (non-hydrogen) atoms. The number of hydrogen-bond donors (Lipinski definition) is 2. The highest BCUT2D eigenvalue weighted by atomic mass is 32.2. The second kappa shape index (κ2) is 8.38. The van der Waals surface area contributed by atoms with E-state index < -0.39 is 34.5 Å². The summed E-state index contributed by atoms with van der Waals surface area (Å²) >= 11 is 0. The molecule has 0 saturated carbocycles. The Morgan fingerprint density at radius 2 is 1.96 bits per heavy atom. The number of nitrogens with zero attached hydrogens (tertiary/aromatic N) is 1. The van der Waals surface area contributed by atoms with Gasteiger partial charge in [-0.25, -0.2) is 18.0 Å². The third kappa shape index (κ3) is 5.68. The van der Waals surface area contributed by atoms with E-state index in [4.69, 9.17) is 4.74 Å². The fourth-order valence-electron chi connectivity index (χ4n) is 2.71. The van der Waals surface area contributed by atoms with Crippen LogP contribution in [0, 0.1) is 0 Å². The lowest BCUT2D eigenvalue weighted by atomic mass is 10.0. The second-order valence-corrected chi connectivity index (χ2v) is 8.44. The smallest absolute Gasteiger partial charge is 0.338 e. The zero-order valence-corrected chi connectivity index (χ0v) is 16.3. The molecular formula is C17H23N3O6S. The molecule has 9 nitrogen and oxygen atoms in total. The molecule has 0 aromatic heterocycles. The Hall–Kier alpha value is -2.62. The van der Waals surface area contributed by atoms with Crippen molar-refractivity contribution in [3.8, 4) is 0 Å². The number of ether oxygens (including phenoxy) is 1. The van der Waals surface area contributed by atoms with Crippen molar-refractivity contribution in [1.82, 2.24) is 10.6 Å². The van der Waals surface area contributed by atoms with E-state index >= 15 is 0 Å². The van der Waals surface area contributed by atoms with Crippen LogP contribution in [0.15, 0.2) is 18.2 Å². The molecule has 10 heteroatoms. The molecule has 1 aromatic carbocycles. The van der Waals surface area contributed by atoms with Gasteiger partial charge in [0.05, 0.1) is 17.5 Å². The van der Waals surface area contributed by atoms with E-state index in [1.54, 1.807) is 26.0 Å². The van der Waals surface area contributed by atoms with E-state index in [0.717, 1.165) is 11.8 Å². The number of carbonyl (C=O) groups is 3. The third-order valence-electron chi connectivity index (χ3n) is 3.80. The number of benzene rings is 1. The number of fused-ring (bicyclic) bond motifs is 1. The van der Waals surface area contributed by atoms with Crippen molar-refractivity contribution in [2.45, 2.75) is 32.7 Å². The number of amides is 3. The summed E-state index contributed by atoms with van der Waals surface area (Å²) in [6.07, 6.45) is 2.42. The summed E-state index contributed by atoms with van der Waals surface area (Å²) in [5.41, 5.74) is 1.48. The first-order chi connectivity index (χ1) is 12.6. The third-order valence-corrected chi connectivity index (χ3v) is 4.98.